The van der Waals surface area contributed by atoms with E-state index in [-0.39, 0.29) is 12.7 Å². The van der Waals surface area contributed by atoms with Crippen LogP contribution >= 0.6 is 34.8 Å². The number of halogens is 3. The first-order valence-corrected chi connectivity index (χ1v) is 16.7. The van der Waals surface area contributed by atoms with Gasteiger partial charge in [-0.05, 0) is 30.5 Å². The Hall–Kier alpha value is -1.08. The Balaban J connectivity index is 1.96. The molecule has 13 heteroatoms. The first-order valence-electron chi connectivity index (χ1n) is 15.6. The van der Waals surface area contributed by atoms with E-state index in [0.717, 1.165) is 30.6 Å². The van der Waals surface area contributed by atoms with E-state index in [1.165, 1.54) is 44.9 Å². The maximum atomic E-state index is 12.3. The molecule has 0 bridgehead atoms. The molecular weight excluding hydrogens is 637 g/mol. The number of nitrogens with one attached hydrogen (secondary N) is 1. The number of carbonyl (C=O) groups excluding carboxylic acids is 1. The highest BCUT2D eigenvalue weighted by molar-refractivity contribution is 6.67. The minimum Gasteiger partial charge on any atom is -0.497 e. The van der Waals surface area contributed by atoms with E-state index in [0.29, 0.717) is 13.0 Å². The van der Waals surface area contributed by atoms with Crippen LogP contribution in [-0.2, 0) is 25.6 Å². The lowest BCUT2D eigenvalue weighted by Crippen LogP contribution is -2.65. The number of aliphatic hydroxyl groups excluding tert-OH is 3. The third kappa shape index (κ3) is 15.5. The average molecular weight is 687 g/mol. The van der Waals surface area contributed by atoms with E-state index in [1.807, 2.05) is 24.3 Å². The van der Waals surface area contributed by atoms with Gasteiger partial charge in [0.05, 0.1) is 26.4 Å². The summed E-state index contributed by atoms with van der Waals surface area (Å²) in [6.45, 7) is 1.69. The summed E-state index contributed by atoms with van der Waals surface area (Å²) >= 11 is 16.9. The molecule has 0 unspecified atom stereocenters. The first kappa shape index (κ1) is 39.1. The fourth-order valence-electron chi connectivity index (χ4n) is 5.03. The highest BCUT2D eigenvalue weighted by Gasteiger charge is 2.46. The molecule has 0 saturated carbocycles. The number of methoxy groups -OCH3 is 1. The van der Waals surface area contributed by atoms with Crippen LogP contribution in [0, 0.1) is 0 Å². The number of unbranched alkanes of at least 4 members (excludes halogenated alkanes) is 8. The molecule has 254 valence electrons. The molecule has 1 heterocycles. The summed E-state index contributed by atoms with van der Waals surface area (Å²) < 4.78 is 25.9. The lowest BCUT2D eigenvalue weighted by Gasteiger charge is -2.42. The van der Waals surface area contributed by atoms with Crippen molar-refractivity contribution < 1.29 is 43.8 Å². The molecule has 0 aliphatic carbocycles. The molecule has 1 amide bonds. The predicted octanol–water partition coefficient (Wildman–Crippen LogP) is 5.81. The number of hydrogen-bond donors (Lipinski definition) is 4. The molecule has 1 fully saturated rings. The van der Waals surface area contributed by atoms with E-state index in [2.05, 4.69) is 12.2 Å². The molecule has 1 aromatic carbocycles. The number of aliphatic hydroxyl groups is 3. The van der Waals surface area contributed by atoms with Crippen LogP contribution < -0.4 is 10.1 Å². The molecule has 1 aromatic rings. The second kappa shape index (κ2) is 21.7. The van der Waals surface area contributed by atoms with Gasteiger partial charge in [-0.1, -0.05) is 112 Å². The lowest BCUT2D eigenvalue weighted by molar-refractivity contribution is -0.262. The van der Waals surface area contributed by atoms with Gasteiger partial charge in [0.15, 0.2) is 6.29 Å². The Labute approximate surface area is 276 Å². The molecular formula is C31H50Cl3NO9. The van der Waals surface area contributed by atoms with Crippen LogP contribution in [0.25, 0.3) is 0 Å². The zero-order chi connectivity index (χ0) is 32.4. The highest BCUT2D eigenvalue weighted by atomic mass is 35.6. The first-order chi connectivity index (χ1) is 21.1. The molecule has 6 atom stereocenters. The fourth-order valence-corrected chi connectivity index (χ4v) is 5.19. The third-order valence-corrected chi connectivity index (χ3v) is 7.88. The molecule has 1 saturated heterocycles. The molecule has 10 nitrogen and oxygen atoms in total. The number of alkyl carbamates (subject to hydrolysis) is 1. The summed E-state index contributed by atoms with van der Waals surface area (Å²) in [5.74, 6) is 0.770. The molecule has 0 aromatic heterocycles. The molecule has 2 rings (SSSR count). The molecule has 44 heavy (non-hydrogen) atoms. The number of hydrogen-bond acceptors (Lipinski definition) is 9. The van der Waals surface area contributed by atoms with E-state index in [1.54, 1.807) is 7.11 Å². The Morgan fingerprint density at radius 3 is 2.23 bits per heavy atom. The van der Waals surface area contributed by atoms with Gasteiger partial charge in [-0.2, -0.15) is 0 Å². The Kier molecular flexibility index (Phi) is 19.3. The van der Waals surface area contributed by atoms with Crippen molar-refractivity contribution in [2.24, 2.45) is 0 Å². The summed E-state index contributed by atoms with van der Waals surface area (Å²) in [7, 11) is 1.62. The summed E-state index contributed by atoms with van der Waals surface area (Å²) in [4.78, 5) is 12.3. The molecule has 0 radical (unpaired) electrons. The number of rotatable bonds is 21. The number of amides is 1. The van der Waals surface area contributed by atoms with Gasteiger partial charge < -0.3 is 44.3 Å². The van der Waals surface area contributed by atoms with Crippen molar-refractivity contribution in [3.8, 4) is 5.75 Å². The quantitative estimate of drug-likeness (QED) is 0.0933. The van der Waals surface area contributed by atoms with Crippen molar-refractivity contribution in [2.45, 2.75) is 125 Å². The van der Waals surface area contributed by atoms with Crippen LogP contribution in [-0.4, -0.2) is 88.9 Å². The standard InChI is InChI=1S/C31H50Cl3NO9/c1-3-4-5-6-7-8-9-10-11-12-24(42-20-22-13-15-23(40-2)16-14-22)17-18-41-28-26(29(38)44-25(19-36)27(28)37)35-30(39)43-21-31(32,33)34/h13-16,24-29,36-38H,3-12,17-21H2,1-2H3,(H,35,39)/t24-,25-,26-,27-,28-,29+/m1/s1. The van der Waals surface area contributed by atoms with E-state index < -0.39 is 53.7 Å². The predicted molar refractivity (Wildman–Crippen MR) is 170 cm³/mol. The average Bonchev–Trinajstić information content (AvgIpc) is 3.00. The highest BCUT2D eigenvalue weighted by Crippen LogP contribution is 2.27. The second-order valence-corrected chi connectivity index (χ2v) is 13.6. The van der Waals surface area contributed by atoms with Gasteiger partial charge in [-0.3, -0.25) is 0 Å². The van der Waals surface area contributed by atoms with Crippen molar-refractivity contribution in [1.29, 1.82) is 0 Å². The van der Waals surface area contributed by atoms with E-state index in [9.17, 15) is 20.1 Å². The summed E-state index contributed by atoms with van der Waals surface area (Å²) in [5, 5.41) is 33.4. The summed E-state index contributed by atoms with van der Waals surface area (Å²) in [6.07, 6.45) is 5.99. The number of benzene rings is 1. The van der Waals surface area contributed by atoms with Gasteiger partial charge >= 0.3 is 6.09 Å². The van der Waals surface area contributed by atoms with Gasteiger partial charge in [0.1, 0.15) is 36.7 Å². The third-order valence-electron chi connectivity index (χ3n) is 7.55. The fraction of sp³-hybridized carbons (Fsp3) is 0.774. The minimum absolute atomic E-state index is 0.127. The summed E-state index contributed by atoms with van der Waals surface area (Å²) in [6, 6.07) is 6.47. The maximum absolute atomic E-state index is 12.3. The largest absolute Gasteiger partial charge is 0.497 e. The van der Waals surface area contributed by atoms with Crippen molar-refractivity contribution in [3.05, 3.63) is 29.8 Å². The SMILES string of the molecule is CCCCCCCCCCC[C@H](CCO[C@H]1[C@H](O)[C@@H](CO)O[C@H](O)[C@@H]1NC(=O)OCC(Cl)(Cl)Cl)OCc1ccc(OC)cc1. The number of alkyl halides is 3. The Morgan fingerprint density at radius 2 is 1.64 bits per heavy atom. The Bertz CT molecular complexity index is 906. The number of carbonyl (C=O) groups is 1. The van der Waals surface area contributed by atoms with Crippen LogP contribution in [0.15, 0.2) is 24.3 Å². The Morgan fingerprint density at radius 1 is 1.00 bits per heavy atom. The smallest absolute Gasteiger partial charge is 0.407 e. The summed E-state index contributed by atoms with van der Waals surface area (Å²) in [5.41, 5.74) is 1.01. The zero-order valence-electron chi connectivity index (χ0n) is 25.8. The van der Waals surface area contributed by atoms with Gasteiger partial charge in [0.2, 0.25) is 3.79 Å². The monoisotopic (exact) mass is 685 g/mol. The number of ether oxygens (including phenoxy) is 5. The molecule has 1 aliphatic rings. The van der Waals surface area contributed by atoms with Crippen molar-refractivity contribution >= 4 is 40.9 Å². The van der Waals surface area contributed by atoms with Gasteiger partial charge in [-0.15, -0.1) is 0 Å². The van der Waals surface area contributed by atoms with Crippen LogP contribution in [0.4, 0.5) is 4.79 Å². The lowest BCUT2D eigenvalue weighted by atomic mass is 9.96. The molecule has 4 N–H and O–H groups in total. The van der Waals surface area contributed by atoms with Crippen LogP contribution in [0.5, 0.6) is 5.75 Å². The molecule has 1 aliphatic heterocycles. The van der Waals surface area contributed by atoms with Crippen LogP contribution in [0.2, 0.25) is 0 Å². The van der Waals surface area contributed by atoms with Gasteiger partial charge in [-0.25, -0.2) is 4.79 Å². The van der Waals surface area contributed by atoms with E-state index in [4.69, 9.17) is 58.5 Å². The van der Waals surface area contributed by atoms with Gasteiger partial charge in [0.25, 0.3) is 0 Å². The maximum Gasteiger partial charge on any atom is 0.407 e. The van der Waals surface area contributed by atoms with Gasteiger partial charge in [0, 0.05) is 6.61 Å². The minimum atomic E-state index is -1.83. The van der Waals surface area contributed by atoms with E-state index >= 15 is 0 Å². The zero-order valence-corrected chi connectivity index (χ0v) is 28.1. The van der Waals surface area contributed by atoms with Crippen molar-refractivity contribution in [1.82, 2.24) is 5.32 Å². The topological polar surface area (TPSA) is 136 Å². The second-order valence-electron chi connectivity index (χ2n) is 11.1. The molecule has 0 spiro atoms. The van der Waals surface area contributed by atoms with Crippen LogP contribution in [0.1, 0.15) is 83.1 Å². The normalized spacial score (nSPS) is 22.9. The van der Waals surface area contributed by atoms with Crippen LogP contribution in [0.3, 0.4) is 0 Å². The van der Waals surface area contributed by atoms with Crippen molar-refractivity contribution in [3.63, 3.8) is 0 Å². The van der Waals surface area contributed by atoms with Crippen molar-refractivity contribution in [2.75, 3.05) is 26.9 Å².